The predicted octanol–water partition coefficient (Wildman–Crippen LogP) is 1.38. The molecule has 2 aliphatic rings. The van der Waals surface area contributed by atoms with Gasteiger partial charge in [-0.2, -0.15) is 0 Å². The van der Waals surface area contributed by atoms with E-state index < -0.39 is 24.3 Å². The first-order chi connectivity index (χ1) is 13.1. The lowest BCUT2D eigenvalue weighted by Crippen LogP contribution is -2.36. The van der Waals surface area contributed by atoms with Gasteiger partial charge in [0.1, 0.15) is 19.0 Å². The molecular formula is C20H17N3O4. The van der Waals surface area contributed by atoms with Crippen molar-refractivity contribution in [3.8, 4) is 0 Å². The normalized spacial score (nSPS) is 14.7. The quantitative estimate of drug-likeness (QED) is 0.493. The Bertz CT molecular complexity index is 932. The molecule has 0 saturated carbocycles. The summed E-state index contributed by atoms with van der Waals surface area (Å²) in [6.07, 6.45) is 0. The third-order valence-electron chi connectivity index (χ3n) is 4.50. The van der Waals surface area contributed by atoms with Crippen LogP contribution in [0.15, 0.2) is 53.5 Å². The highest BCUT2D eigenvalue weighted by Gasteiger charge is 2.36. The van der Waals surface area contributed by atoms with Crippen LogP contribution in [0.1, 0.15) is 31.8 Å². The summed E-state index contributed by atoms with van der Waals surface area (Å²) in [4.78, 5) is 41.8. The van der Waals surface area contributed by atoms with Gasteiger partial charge in [-0.3, -0.25) is 24.3 Å². The minimum Gasteiger partial charge on any atom is -0.462 e. The van der Waals surface area contributed by atoms with Gasteiger partial charge in [-0.15, -0.1) is 0 Å². The van der Waals surface area contributed by atoms with Crippen molar-refractivity contribution in [2.75, 3.05) is 19.7 Å². The van der Waals surface area contributed by atoms with Crippen molar-refractivity contribution in [3.05, 3.63) is 70.8 Å². The van der Waals surface area contributed by atoms with Crippen LogP contribution in [-0.2, 0) is 16.1 Å². The van der Waals surface area contributed by atoms with Crippen molar-refractivity contribution in [1.29, 1.82) is 0 Å². The molecule has 2 amide bonds. The van der Waals surface area contributed by atoms with Gasteiger partial charge >= 0.3 is 5.97 Å². The highest BCUT2D eigenvalue weighted by molar-refractivity contribution is 6.22. The van der Waals surface area contributed by atoms with E-state index in [1.165, 1.54) is 0 Å². The number of fused-ring (bicyclic) bond motifs is 2. The molecule has 0 saturated heterocycles. The number of imide groups is 1. The smallest absolute Gasteiger partial charge is 0.326 e. The molecule has 0 aliphatic carbocycles. The van der Waals surface area contributed by atoms with Crippen molar-refractivity contribution in [2.45, 2.75) is 6.54 Å². The topological polar surface area (TPSA) is 88.1 Å². The van der Waals surface area contributed by atoms with Gasteiger partial charge in [-0.25, -0.2) is 0 Å². The maximum Gasteiger partial charge on any atom is 0.326 e. The molecule has 136 valence electrons. The van der Waals surface area contributed by atoms with Crippen LogP contribution >= 0.6 is 0 Å². The number of hydrogen-bond donors (Lipinski definition) is 1. The third kappa shape index (κ3) is 3.19. The molecule has 1 N–H and O–H groups in total. The Kier molecular flexibility index (Phi) is 4.42. The van der Waals surface area contributed by atoms with Crippen LogP contribution in [0.4, 0.5) is 0 Å². The van der Waals surface area contributed by atoms with E-state index in [2.05, 4.69) is 10.3 Å². The van der Waals surface area contributed by atoms with Gasteiger partial charge in [0, 0.05) is 5.56 Å². The Morgan fingerprint density at radius 2 is 1.63 bits per heavy atom. The second kappa shape index (κ2) is 7.03. The fraction of sp³-hybridized carbons (Fsp3) is 0.200. The molecule has 2 aliphatic heterocycles. The average molecular weight is 363 g/mol. The van der Waals surface area contributed by atoms with E-state index in [-0.39, 0.29) is 6.61 Å². The molecule has 4 rings (SSSR count). The van der Waals surface area contributed by atoms with Crippen LogP contribution in [0.2, 0.25) is 0 Å². The van der Waals surface area contributed by atoms with Gasteiger partial charge in [-0.1, -0.05) is 36.4 Å². The Labute approximate surface area is 155 Å². The summed E-state index contributed by atoms with van der Waals surface area (Å²) in [5.74, 6) is -0.785. The van der Waals surface area contributed by atoms with Crippen molar-refractivity contribution >= 4 is 23.6 Å². The molecule has 0 spiro atoms. The minimum atomic E-state index is -0.625. The lowest BCUT2D eigenvalue weighted by Gasteiger charge is -2.13. The second-order valence-corrected chi connectivity index (χ2v) is 6.21. The third-order valence-corrected chi connectivity index (χ3v) is 4.50. The predicted molar refractivity (Wildman–Crippen MR) is 97.5 cm³/mol. The number of carbonyl (C=O) groups is 3. The zero-order valence-electron chi connectivity index (χ0n) is 14.5. The highest BCUT2D eigenvalue weighted by Crippen LogP contribution is 2.22. The number of amidine groups is 1. The number of nitrogens with one attached hydrogen (secondary N) is 1. The highest BCUT2D eigenvalue weighted by atomic mass is 16.5. The molecule has 0 aromatic heterocycles. The minimum absolute atomic E-state index is 0.114. The molecule has 7 heteroatoms. The number of aliphatic imine (C=N–C) groups is 1. The molecule has 27 heavy (non-hydrogen) atoms. The maximum atomic E-state index is 12.2. The van der Waals surface area contributed by atoms with Crippen molar-refractivity contribution in [2.24, 2.45) is 4.99 Å². The maximum absolute atomic E-state index is 12.2. The first kappa shape index (κ1) is 17.0. The molecule has 0 fully saturated rings. The van der Waals surface area contributed by atoms with E-state index in [4.69, 9.17) is 4.74 Å². The summed E-state index contributed by atoms with van der Waals surface area (Å²) in [6, 6.07) is 14.4. The van der Waals surface area contributed by atoms with Gasteiger partial charge in [0.25, 0.3) is 11.8 Å². The first-order valence-corrected chi connectivity index (χ1v) is 8.62. The molecular weight excluding hydrogens is 346 g/mol. The number of rotatable bonds is 5. The average Bonchev–Trinajstić information content (AvgIpc) is 3.21. The molecule has 0 atom stereocenters. The number of ether oxygens (including phenoxy) is 1. The lowest BCUT2D eigenvalue weighted by atomic mass is 10.1. The zero-order chi connectivity index (χ0) is 18.8. The summed E-state index contributed by atoms with van der Waals surface area (Å²) >= 11 is 0. The number of amides is 2. The molecule has 7 nitrogen and oxygen atoms in total. The number of hydrogen-bond acceptors (Lipinski definition) is 6. The Morgan fingerprint density at radius 3 is 2.33 bits per heavy atom. The van der Waals surface area contributed by atoms with Gasteiger partial charge < -0.3 is 10.1 Å². The van der Waals surface area contributed by atoms with Crippen LogP contribution in [-0.4, -0.2) is 48.2 Å². The Morgan fingerprint density at radius 1 is 1.00 bits per heavy atom. The lowest BCUT2D eigenvalue weighted by molar-refractivity contribution is -0.143. The Balaban J connectivity index is 1.26. The largest absolute Gasteiger partial charge is 0.462 e. The van der Waals surface area contributed by atoms with Crippen molar-refractivity contribution < 1.29 is 19.1 Å². The first-order valence-electron chi connectivity index (χ1n) is 8.62. The van der Waals surface area contributed by atoms with Crippen LogP contribution in [0.3, 0.4) is 0 Å². The van der Waals surface area contributed by atoms with Crippen LogP contribution in [0.25, 0.3) is 0 Å². The van der Waals surface area contributed by atoms with Gasteiger partial charge in [-0.05, 0) is 17.7 Å². The zero-order valence-corrected chi connectivity index (χ0v) is 14.5. The monoisotopic (exact) mass is 363 g/mol. The molecule has 2 heterocycles. The Hall–Kier alpha value is -3.48. The van der Waals surface area contributed by atoms with E-state index in [9.17, 15) is 14.4 Å². The number of carbonyl (C=O) groups excluding carboxylic acids is 3. The van der Waals surface area contributed by atoms with Crippen LogP contribution in [0, 0.1) is 0 Å². The number of benzene rings is 2. The van der Waals surface area contributed by atoms with E-state index >= 15 is 0 Å². The van der Waals surface area contributed by atoms with Gasteiger partial charge in [0.2, 0.25) is 0 Å². The SMILES string of the molecule is O=C(CN1C(=O)c2ccccc2C1=O)OCCNC1=NCc2ccccc21. The van der Waals surface area contributed by atoms with Crippen molar-refractivity contribution in [3.63, 3.8) is 0 Å². The van der Waals surface area contributed by atoms with Gasteiger partial charge in [0.15, 0.2) is 0 Å². The van der Waals surface area contributed by atoms with E-state index in [1.807, 2.05) is 24.3 Å². The molecule has 0 unspecified atom stereocenters. The van der Waals surface area contributed by atoms with Crippen molar-refractivity contribution in [1.82, 2.24) is 10.2 Å². The summed E-state index contributed by atoms with van der Waals surface area (Å²) in [5, 5.41) is 3.14. The summed E-state index contributed by atoms with van der Waals surface area (Å²) < 4.78 is 5.14. The molecule has 2 aromatic rings. The number of esters is 1. The fourth-order valence-electron chi connectivity index (χ4n) is 3.18. The van der Waals surface area contributed by atoms with Crippen LogP contribution in [0.5, 0.6) is 0 Å². The summed E-state index contributed by atoms with van der Waals surface area (Å²) in [7, 11) is 0. The standard InChI is InChI=1S/C20H17N3O4/c24-17(12-23-19(25)15-7-3-4-8-16(15)20(23)26)27-10-9-21-18-14-6-2-1-5-13(14)11-22-18/h1-8H,9-12H2,(H,21,22). The fourth-order valence-corrected chi connectivity index (χ4v) is 3.18. The van der Waals surface area contributed by atoms with E-state index in [0.29, 0.717) is 24.2 Å². The summed E-state index contributed by atoms with van der Waals surface area (Å²) in [6.45, 7) is 0.748. The van der Waals surface area contributed by atoms with Crippen LogP contribution < -0.4 is 5.32 Å². The van der Waals surface area contributed by atoms with E-state index in [1.54, 1.807) is 24.3 Å². The molecule has 0 radical (unpaired) electrons. The molecule has 2 aromatic carbocycles. The second-order valence-electron chi connectivity index (χ2n) is 6.21. The number of nitrogens with zero attached hydrogens (tertiary/aromatic N) is 2. The van der Waals surface area contributed by atoms with E-state index in [0.717, 1.165) is 21.9 Å². The van der Waals surface area contributed by atoms with Gasteiger partial charge in [0.05, 0.1) is 24.2 Å². The molecule has 0 bridgehead atoms. The summed E-state index contributed by atoms with van der Waals surface area (Å²) in [5.41, 5.74) is 2.84.